The number of hydrazone groups is 1. The minimum atomic E-state index is -1.000. The number of aromatic carboxylic acids is 1. The molecule has 0 saturated carbocycles. The lowest BCUT2D eigenvalue weighted by molar-refractivity contribution is 0.0696. The number of carboxylic acids is 1. The van der Waals surface area contributed by atoms with Gasteiger partial charge in [-0.2, -0.15) is 5.10 Å². The van der Waals surface area contributed by atoms with Gasteiger partial charge in [0.1, 0.15) is 0 Å². The molecule has 0 aliphatic heterocycles. The zero-order valence-electron chi connectivity index (χ0n) is 13.1. The largest absolute Gasteiger partial charge is 0.493 e. The lowest BCUT2D eigenvalue weighted by Crippen LogP contribution is -2.17. The SMILES string of the molecule is COc1ccc(C(=O)N/N=C/c2ccc(C(=O)O)cc2)cc1OC. The average molecular weight is 328 g/mol. The monoisotopic (exact) mass is 328 g/mol. The quantitative estimate of drug-likeness (QED) is 0.625. The minimum Gasteiger partial charge on any atom is -0.493 e. The summed E-state index contributed by atoms with van der Waals surface area (Å²) in [4.78, 5) is 22.8. The van der Waals surface area contributed by atoms with Crippen molar-refractivity contribution < 1.29 is 24.2 Å². The topological polar surface area (TPSA) is 97.2 Å². The van der Waals surface area contributed by atoms with Crippen LogP contribution in [0.4, 0.5) is 0 Å². The van der Waals surface area contributed by atoms with Crippen LogP contribution in [0.15, 0.2) is 47.6 Å². The molecule has 7 nitrogen and oxygen atoms in total. The summed E-state index contributed by atoms with van der Waals surface area (Å²) in [6.45, 7) is 0. The van der Waals surface area contributed by atoms with Crippen LogP contribution in [0.5, 0.6) is 11.5 Å². The fourth-order valence-electron chi connectivity index (χ4n) is 1.92. The maximum absolute atomic E-state index is 12.0. The number of methoxy groups -OCH3 is 2. The molecular weight excluding hydrogens is 312 g/mol. The van der Waals surface area contributed by atoms with Gasteiger partial charge in [-0.15, -0.1) is 0 Å². The first-order valence-electron chi connectivity index (χ1n) is 6.94. The Morgan fingerprint density at radius 1 is 1.00 bits per heavy atom. The number of nitrogens with zero attached hydrogens (tertiary/aromatic N) is 1. The number of nitrogens with one attached hydrogen (secondary N) is 1. The summed E-state index contributed by atoms with van der Waals surface area (Å²) in [5.41, 5.74) is 3.60. The number of carboxylic acid groups (broad SMARTS) is 1. The van der Waals surface area contributed by atoms with Crippen molar-refractivity contribution in [3.8, 4) is 11.5 Å². The zero-order chi connectivity index (χ0) is 17.5. The van der Waals surface area contributed by atoms with Crippen molar-refractivity contribution in [2.75, 3.05) is 14.2 Å². The summed E-state index contributed by atoms with van der Waals surface area (Å²) >= 11 is 0. The Kier molecular flexibility index (Phi) is 5.51. The Morgan fingerprint density at radius 2 is 1.62 bits per heavy atom. The Balaban J connectivity index is 2.03. The third kappa shape index (κ3) is 4.10. The first kappa shape index (κ1) is 17.0. The van der Waals surface area contributed by atoms with Gasteiger partial charge < -0.3 is 14.6 Å². The Labute approximate surface area is 138 Å². The third-order valence-corrected chi connectivity index (χ3v) is 3.18. The third-order valence-electron chi connectivity index (χ3n) is 3.18. The highest BCUT2D eigenvalue weighted by Crippen LogP contribution is 2.27. The fraction of sp³-hybridized carbons (Fsp3) is 0.118. The maximum atomic E-state index is 12.0. The van der Waals surface area contributed by atoms with E-state index in [-0.39, 0.29) is 5.56 Å². The van der Waals surface area contributed by atoms with E-state index >= 15 is 0 Å². The molecule has 0 radical (unpaired) electrons. The van der Waals surface area contributed by atoms with Crippen LogP contribution >= 0.6 is 0 Å². The smallest absolute Gasteiger partial charge is 0.335 e. The second kappa shape index (κ2) is 7.77. The molecule has 7 heteroatoms. The molecule has 0 atom stereocenters. The summed E-state index contributed by atoms with van der Waals surface area (Å²) in [5, 5.41) is 12.7. The lowest BCUT2D eigenvalue weighted by atomic mass is 10.1. The summed E-state index contributed by atoms with van der Waals surface area (Å²) in [6.07, 6.45) is 1.42. The maximum Gasteiger partial charge on any atom is 0.335 e. The standard InChI is InChI=1S/C17H16N2O5/c1-23-14-8-7-13(9-15(14)24-2)16(20)19-18-10-11-3-5-12(6-4-11)17(21)22/h3-10H,1-2H3,(H,19,20)(H,21,22)/b18-10+. The molecule has 2 rings (SSSR count). The second-order valence-corrected chi connectivity index (χ2v) is 4.70. The first-order valence-corrected chi connectivity index (χ1v) is 6.94. The van der Waals surface area contributed by atoms with Gasteiger partial charge in [0.25, 0.3) is 5.91 Å². The van der Waals surface area contributed by atoms with Crippen molar-refractivity contribution in [1.29, 1.82) is 0 Å². The Morgan fingerprint density at radius 3 is 2.21 bits per heavy atom. The van der Waals surface area contributed by atoms with Gasteiger partial charge in [0.2, 0.25) is 0 Å². The van der Waals surface area contributed by atoms with E-state index in [0.29, 0.717) is 22.6 Å². The van der Waals surface area contributed by atoms with Gasteiger partial charge in [-0.05, 0) is 35.9 Å². The van der Waals surface area contributed by atoms with E-state index in [1.807, 2.05) is 0 Å². The first-order chi connectivity index (χ1) is 11.5. The lowest BCUT2D eigenvalue weighted by Gasteiger charge is -2.08. The summed E-state index contributed by atoms with van der Waals surface area (Å²) < 4.78 is 10.2. The van der Waals surface area contributed by atoms with Crippen LogP contribution in [-0.2, 0) is 0 Å². The van der Waals surface area contributed by atoms with Crippen LogP contribution in [0.1, 0.15) is 26.3 Å². The molecule has 0 spiro atoms. The molecule has 2 N–H and O–H groups in total. The van der Waals surface area contributed by atoms with E-state index in [1.165, 1.54) is 32.6 Å². The molecule has 0 saturated heterocycles. The van der Waals surface area contributed by atoms with Crippen LogP contribution in [-0.4, -0.2) is 37.4 Å². The van der Waals surface area contributed by atoms with E-state index < -0.39 is 11.9 Å². The Hall–Kier alpha value is -3.35. The fourth-order valence-corrected chi connectivity index (χ4v) is 1.92. The summed E-state index contributed by atoms with van der Waals surface area (Å²) in [6, 6.07) is 10.9. The van der Waals surface area contributed by atoms with Gasteiger partial charge in [-0.25, -0.2) is 10.2 Å². The molecule has 0 bridgehead atoms. The number of hydrogen-bond donors (Lipinski definition) is 2. The molecule has 0 aliphatic rings. The van der Waals surface area contributed by atoms with Crippen molar-refractivity contribution in [3.05, 3.63) is 59.2 Å². The number of benzene rings is 2. The number of amides is 1. The molecule has 24 heavy (non-hydrogen) atoms. The predicted molar refractivity (Wildman–Crippen MR) is 88.0 cm³/mol. The number of carbonyl (C=O) groups excluding carboxylic acids is 1. The van der Waals surface area contributed by atoms with Gasteiger partial charge in [0.15, 0.2) is 11.5 Å². The highest BCUT2D eigenvalue weighted by atomic mass is 16.5. The van der Waals surface area contributed by atoms with Crippen LogP contribution in [0.25, 0.3) is 0 Å². The highest BCUT2D eigenvalue weighted by molar-refractivity contribution is 5.95. The van der Waals surface area contributed by atoms with E-state index in [2.05, 4.69) is 10.5 Å². The highest BCUT2D eigenvalue weighted by Gasteiger charge is 2.10. The number of ether oxygens (including phenoxy) is 2. The zero-order valence-corrected chi connectivity index (χ0v) is 13.1. The molecule has 0 aliphatic carbocycles. The Bertz CT molecular complexity index is 769. The van der Waals surface area contributed by atoms with Gasteiger partial charge in [-0.1, -0.05) is 12.1 Å². The van der Waals surface area contributed by atoms with Crippen molar-refractivity contribution in [3.63, 3.8) is 0 Å². The van der Waals surface area contributed by atoms with Gasteiger partial charge in [-0.3, -0.25) is 4.79 Å². The number of carbonyl (C=O) groups is 2. The number of hydrogen-bond acceptors (Lipinski definition) is 5. The van der Waals surface area contributed by atoms with Crippen LogP contribution < -0.4 is 14.9 Å². The molecule has 0 heterocycles. The molecule has 124 valence electrons. The minimum absolute atomic E-state index is 0.182. The molecule has 1 amide bonds. The molecule has 2 aromatic rings. The van der Waals surface area contributed by atoms with Crippen LogP contribution in [0.3, 0.4) is 0 Å². The van der Waals surface area contributed by atoms with Crippen LogP contribution in [0, 0.1) is 0 Å². The summed E-state index contributed by atoms with van der Waals surface area (Å²) in [7, 11) is 3.00. The number of rotatable bonds is 6. The second-order valence-electron chi connectivity index (χ2n) is 4.70. The van der Waals surface area contributed by atoms with E-state index in [0.717, 1.165) is 0 Å². The average Bonchev–Trinajstić information content (AvgIpc) is 2.61. The summed E-state index contributed by atoms with van der Waals surface area (Å²) in [5.74, 6) is -0.441. The predicted octanol–water partition coefficient (Wildman–Crippen LogP) is 2.17. The molecule has 2 aromatic carbocycles. The van der Waals surface area contributed by atoms with E-state index in [9.17, 15) is 9.59 Å². The van der Waals surface area contributed by atoms with Crippen molar-refractivity contribution in [2.45, 2.75) is 0 Å². The molecule has 0 aromatic heterocycles. The van der Waals surface area contributed by atoms with Crippen LogP contribution in [0.2, 0.25) is 0 Å². The van der Waals surface area contributed by atoms with Crippen molar-refractivity contribution in [2.24, 2.45) is 5.10 Å². The van der Waals surface area contributed by atoms with Gasteiger partial charge >= 0.3 is 5.97 Å². The molecule has 0 fully saturated rings. The van der Waals surface area contributed by atoms with Crippen molar-refractivity contribution >= 4 is 18.1 Å². The van der Waals surface area contributed by atoms with Crippen molar-refractivity contribution in [1.82, 2.24) is 5.43 Å². The van der Waals surface area contributed by atoms with E-state index in [1.54, 1.807) is 30.3 Å². The normalized spacial score (nSPS) is 10.4. The molecular formula is C17H16N2O5. The molecule has 0 unspecified atom stereocenters. The van der Waals surface area contributed by atoms with E-state index in [4.69, 9.17) is 14.6 Å². The van der Waals surface area contributed by atoms with Gasteiger partial charge in [0, 0.05) is 5.56 Å². The van der Waals surface area contributed by atoms with Gasteiger partial charge in [0.05, 0.1) is 26.0 Å².